The van der Waals surface area contributed by atoms with Crippen LogP contribution >= 0.6 is 11.6 Å². The van der Waals surface area contributed by atoms with E-state index >= 15 is 0 Å². The Labute approximate surface area is 93.4 Å². The molecule has 0 aliphatic carbocycles. The van der Waals surface area contributed by atoms with Gasteiger partial charge in [-0.05, 0) is 11.6 Å². The Morgan fingerprint density at radius 1 is 1.53 bits per heavy atom. The molecule has 0 fully saturated rings. The van der Waals surface area contributed by atoms with Crippen LogP contribution < -0.4 is 5.32 Å². The lowest BCUT2D eigenvalue weighted by Crippen LogP contribution is -2.30. The van der Waals surface area contributed by atoms with Crippen LogP contribution in [0.15, 0.2) is 24.3 Å². The van der Waals surface area contributed by atoms with Gasteiger partial charge in [0.15, 0.2) is 0 Å². The molecule has 0 aromatic heterocycles. The van der Waals surface area contributed by atoms with E-state index in [4.69, 9.17) is 11.6 Å². The number of benzene rings is 1. The van der Waals surface area contributed by atoms with E-state index in [0.717, 1.165) is 5.56 Å². The second-order valence-corrected chi connectivity index (χ2v) is 3.76. The standard InChI is InChI=1S/C10H13ClN2O2/c1-8(13(14)15)6-12-7-9-4-2-3-5-10(9)11/h2-5,8,12H,6-7H2,1H3. The summed E-state index contributed by atoms with van der Waals surface area (Å²) in [7, 11) is 0. The van der Waals surface area contributed by atoms with Gasteiger partial charge in [-0.1, -0.05) is 29.8 Å². The topological polar surface area (TPSA) is 55.2 Å². The van der Waals surface area contributed by atoms with Gasteiger partial charge in [0.25, 0.3) is 0 Å². The number of hydrogen-bond acceptors (Lipinski definition) is 3. The molecule has 0 bridgehead atoms. The molecular weight excluding hydrogens is 216 g/mol. The lowest BCUT2D eigenvalue weighted by Gasteiger charge is -2.07. The number of halogens is 1. The first-order valence-corrected chi connectivity index (χ1v) is 5.06. The fourth-order valence-electron chi connectivity index (χ4n) is 1.13. The fraction of sp³-hybridized carbons (Fsp3) is 0.400. The zero-order valence-electron chi connectivity index (χ0n) is 8.44. The minimum absolute atomic E-state index is 0.306. The Balaban J connectivity index is 2.38. The van der Waals surface area contributed by atoms with Crippen LogP contribution in [0, 0.1) is 10.1 Å². The van der Waals surface area contributed by atoms with E-state index < -0.39 is 6.04 Å². The zero-order chi connectivity index (χ0) is 11.3. The Kier molecular flexibility index (Phi) is 4.52. The molecule has 5 heteroatoms. The highest BCUT2D eigenvalue weighted by Gasteiger charge is 2.11. The van der Waals surface area contributed by atoms with Crippen molar-refractivity contribution in [3.8, 4) is 0 Å². The molecular formula is C10H13ClN2O2. The molecule has 0 radical (unpaired) electrons. The van der Waals surface area contributed by atoms with Crippen molar-refractivity contribution in [3.63, 3.8) is 0 Å². The summed E-state index contributed by atoms with van der Waals surface area (Å²) in [5.41, 5.74) is 0.953. The molecule has 1 aromatic carbocycles. The van der Waals surface area contributed by atoms with Crippen LogP contribution in [-0.2, 0) is 6.54 Å². The third kappa shape index (κ3) is 3.85. The summed E-state index contributed by atoms with van der Waals surface area (Å²) in [4.78, 5) is 10.0. The highest BCUT2D eigenvalue weighted by molar-refractivity contribution is 6.31. The maximum Gasteiger partial charge on any atom is 0.222 e. The molecule has 0 spiro atoms. The quantitative estimate of drug-likeness (QED) is 0.620. The minimum atomic E-state index is -0.576. The monoisotopic (exact) mass is 228 g/mol. The molecule has 0 amide bonds. The maximum absolute atomic E-state index is 10.3. The summed E-state index contributed by atoms with van der Waals surface area (Å²) in [5, 5.41) is 14.0. The van der Waals surface area contributed by atoms with Gasteiger partial charge in [0.1, 0.15) is 0 Å². The van der Waals surface area contributed by atoms with Crippen molar-refractivity contribution in [2.75, 3.05) is 6.54 Å². The molecule has 0 saturated heterocycles. The number of rotatable bonds is 5. The third-order valence-corrected chi connectivity index (χ3v) is 2.44. The summed E-state index contributed by atoms with van der Waals surface area (Å²) < 4.78 is 0. The van der Waals surface area contributed by atoms with Crippen LogP contribution in [0.2, 0.25) is 5.02 Å². The number of nitro groups is 1. The predicted octanol–water partition coefficient (Wildman–Crippen LogP) is 2.09. The SMILES string of the molecule is CC(CNCc1ccccc1Cl)[N+](=O)[O-]. The molecule has 0 saturated carbocycles. The van der Waals surface area contributed by atoms with Crippen molar-refractivity contribution in [2.24, 2.45) is 0 Å². The number of nitrogens with one attached hydrogen (secondary N) is 1. The molecule has 1 unspecified atom stereocenters. The molecule has 1 N–H and O–H groups in total. The first-order chi connectivity index (χ1) is 7.11. The van der Waals surface area contributed by atoms with Gasteiger partial charge in [0.05, 0.1) is 6.54 Å². The number of nitrogens with zero attached hydrogens (tertiary/aromatic N) is 1. The minimum Gasteiger partial charge on any atom is -0.306 e. The molecule has 1 aromatic rings. The lowest BCUT2D eigenvalue weighted by atomic mass is 10.2. The zero-order valence-corrected chi connectivity index (χ0v) is 9.20. The van der Waals surface area contributed by atoms with Gasteiger partial charge in [0, 0.05) is 23.4 Å². The molecule has 0 aliphatic rings. The molecule has 1 rings (SSSR count). The highest BCUT2D eigenvalue weighted by atomic mass is 35.5. The Morgan fingerprint density at radius 3 is 2.80 bits per heavy atom. The summed E-state index contributed by atoms with van der Waals surface area (Å²) in [6.07, 6.45) is 0. The summed E-state index contributed by atoms with van der Waals surface area (Å²) in [6.45, 7) is 2.47. The fourth-order valence-corrected chi connectivity index (χ4v) is 1.33. The second-order valence-electron chi connectivity index (χ2n) is 3.36. The van der Waals surface area contributed by atoms with Gasteiger partial charge in [0.2, 0.25) is 6.04 Å². The van der Waals surface area contributed by atoms with Gasteiger partial charge in [-0.25, -0.2) is 0 Å². The van der Waals surface area contributed by atoms with Gasteiger partial charge in [-0.3, -0.25) is 10.1 Å². The van der Waals surface area contributed by atoms with Crippen molar-refractivity contribution < 1.29 is 4.92 Å². The van der Waals surface area contributed by atoms with E-state index in [1.54, 1.807) is 13.0 Å². The van der Waals surface area contributed by atoms with E-state index in [1.165, 1.54) is 0 Å². The van der Waals surface area contributed by atoms with E-state index in [-0.39, 0.29) is 4.92 Å². The first kappa shape index (κ1) is 11.9. The molecule has 4 nitrogen and oxygen atoms in total. The van der Waals surface area contributed by atoms with Crippen LogP contribution in [0.1, 0.15) is 12.5 Å². The molecule has 82 valence electrons. The van der Waals surface area contributed by atoms with E-state index in [9.17, 15) is 10.1 Å². The van der Waals surface area contributed by atoms with Crippen LogP contribution in [-0.4, -0.2) is 17.5 Å². The maximum atomic E-state index is 10.3. The van der Waals surface area contributed by atoms with E-state index in [2.05, 4.69) is 5.32 Å². The predicted molar refractivity (Wildman–Crippen MR) is 59.6 cm³/mol. The van der Waals surface area contributed by atoms with Crippen molar-refractivity contribution in [2.45, 2.75) is 19.5 Å². The smallest absolute Gasteiger partial charge is 0.222 e. The molecule has 15 heavy (non-hydrogen) atoms. The van der Waals surface area contributed by atoms with Crippen LogP contribution in [0.25, 0.3) is 0 Å². The van der Waals surface area contributed by atoms with Crippen molar-refractivity contribution in [1.29, 1.82) is 0 Å². The average Bonchev–Trinajstić information content (AvgIpc) is 2.20. The van der Waals surface area contributed by atoms with Crippen molar-refractivity contribution in [3.05, 3.63) is 45.0 Å². The summed E-state index contributed by atoms with van der Waals surface area (Å²) >= 11 is 5.93. The normalized spacial score (nSPS) is 12.4. The molecule has 0 heterocycles. The Morgan fingerprint density at radius 2 is 2.20 bits per heavy atom. The summed E-state index contributed by atoms with van der Waals surface area (Å²) in [6, 6.07) is 6.86. The third-order valence-electron chi connectivity index (χ3n) is 2.07. The molecule has 0 aliphatic heterocycles. The van der Waals surface area contributed by atoms with E-state index in [0.29, 0.717) is 18.1 Å². The second kappa shape index (κ2) is 5.68. The van der Waals surface area contributed by atoms with Crippen molar-refractivity contribution in [1.82, 2.24) is 5.32 Å². The van der Waals surface area contributed by atoms with Gasteiger partial charge in [-0.2, -0.15) is 0 Å². The number of hydrogen-bond donors (Lipinski definition) is 1. The van der Waals surface area contributed by atoms with Crippen LogP contribution in [0.3, 0.4) is 0 Å². The van der Waals surface area contributed by atoms with Crippen molar-refractivity contribution >= 4 is 11.6 Å². The average molecular weight is 229 g/mol. The largest absolute Gasteiger partial charge is 0.306 e. The van der Waals surface area contributed by atoms with Gasteiger partial charge in [-0.15, -0.1) is 0 Å². The molecule has 1 atom stereocenters. The van der Waals surface area contributed by atoms with Crippen LogP contribution in [0.4, 0.5) is 0 Å². The first-order valence-electron chi connectivity index (χ1n) is 4.69. The Bertz CT molecular complexity index is 344. The summed E-state index contributed by atoms with van der Waals surface area (Å²) in [5.74, 6) is 0. The Hall–Kier alpha value is -1.13. The van der Waals surface area contributed by atoms with Crippen LogP contribution in [0.5, 0.6) is 0 Å². The van der Waals surface area contributed by atoms with Gasteiger partial charge >= 0.3 is 0 Å². The highest BCUT2D eigenvalue weighted by Crippen LogP contribution is 2.14. The van der Waals surface area contributed by atoms with E-state index in [1.807, 2.05) is 18.2 Å². The lowest BCUT2D eigenvalue weighted by molar-refractivity contribution is -0.515. The van der Waals surface area contributed by atoms with Gasteiger partial charge < -0.3 is 5.32 Å².